The maximum absolute atomic E-state index is 6.41. The highest BCUT2D eigenvalue weighted by molar-refractivity contribution is 4.91. The normalized spacial score (nSPS) is 30.3. The van der Waals surface area contributed by atoms with Gasteiger partial charge in [-0.3, -0.25) is 0 Å². The lowest BCUT2D eigenvalue weighted by Crippen LogP contribution is -2.34. The van der Waals surface area contributed by atoms with Crippen molar-refractivity contribution < 1.29 is 4.74 Å². The van der Waals surface area contributed by atoms with Gasteiger partial charge in [0.25, 0.3) is 0 Å². The van der Waals surface area contributed by atoms with Crippen LogP contribution in [0.15, 0.2) is 0 Å². The van der Waals surface area contributed by atoms with E-state index >= 15 is 0 Å². The second-order valence-electron chi connectivity index (χ2n) is 7.52. The van der Waals surface area contributed by atoms with Crippen LogP contribution in [-0.2, 0) is 4.74 Å². The summed E-state index contributed by atoms with van der Waals surface area (Å²) >= 11 is 0. The van der Waals surface area contributed by atoms with E-state index < -0.39 is 0 Å². The largest absolute Gasteiger partial charge is 0.370 e. The number of hydrogen-bond donors (Lipinski definition) is 1. The zero-order valence-corrected chi connectivity index (χ0v) is 13.2. The fourth-order valence-corrected chi connectivity index (χ4v) is 4.68. The van der Waals surface area contributed by atoms with Crippen LogP contribution in [0, 0.1) is 5.92 Å². The zero-order chi connectivity index (χ0) is 13.7. The smallest absolute Gasteiger partial charge is 0.0708 e. The van der Waals surface area contributed by atoms with E-state index in [2.05, 4.69) is 5.32 Å². The molecule has 2 aliphatic carbocycles. The summed E-state index contributed by atoms with van der Waals surface area (Å²) in [6.07, 6.45) is 18.7. The SMILES string of the molecule is C1CCC2(CC1)CCC(CNCCCC1CCCC1)O2. The van der Waals surface area contributed by atoms with Crippen molar-refractivity contribution in [3.05, 3.63) is 0 Å². The van der Waals surface area contributed by atoms with Crippen molar-refractivity contribution in [2.75, 3.05) is 13.1 Å². The van der Waals surface area contributed by atoms with Crippen molar-refractivity contribution in [2.24, 2.45) is 5.92 Å². The monoisotopic (exact) mass is 279 g/mol. The Hall–Kier alpha value is -0.0800. The number of rotatable bonds is 6. The van der Waals surface area contributed by atoms with E-state index in [1.807, 2.05) is 0 Å². The molecule has 0 radical (unpaired) electrons. The first-order valence-electron chi connectivity index (χ1n) is 9.25. The van der Waals surface area contributed by atoms with Crippen LogP contribution in [-0.4, -0.2) is 24.8 Å². The third-order valence-corrected chi connectivity index (χ3v) is 5.92. The summed E-state index contributed by atoms with van der Waals surface area (Å²) in [4.78, 5) is 0. The Morgan fingerprint density at radius 3 is 2.50 bits per heavy atom. The van der Waals surface area contributed by atoms with E-state index in [-0.39, 0.29) is 0 Å². The zero-order valence-electron chi connectivity index (χ0n) is 13.2. The predicted molar refractivity (Wildman–Crippen MR) is 84.0 cm³/mol. The number of hydrogen-bond acceptors (Lipinski definition) is 2. The maximum atomic E-state index is 6.41. The molecule has 0 aromatic heterocycles. The summed E-state index contributed by atoms with van der Waals surface area (Å²) < 4.78 is 6.41. The molecule has 1 heterocycles. The van der Waals surface area contributed by atoms with Crippen molar-refractivity contribution in [3.8, 4) is 0 Å². The van der Waals surface area contributed by atoms with Crippen molar-refractivity contribution in [3.63, 3.8) is 0 Å². The molecule has 0 aromatic rings. The summed E-state index contributed by atoms with van der Waals surface area (Å²) in [5.74, 6) is 1.05. The molecular formula is C18H33NO. The van der Waals surface area contributed by atoms with E-state index in [1.54, 1.807) is 0 Å². The summed E-state index contributed by atoms with van der Waals surface area (Å²) in [7, 11) is 0. The standard InChI is InChI=1S/C18H33NO/c1-4-11-18(12-5-1)13-10-17(20-18)15-19-14-6-9-16-7-2-3-8-16/h16-17,19H,1-15H2. The van der Waals surface area contributed by atoms with E-state index in [1.165, 1.54) is 90.0 Å². The molecule has 1 spiro atoms. The second kappa shape index (κ2) is 7.26. The Kier molecular flexibility index (Phi) is 5.39. The van der Waals surface area contributed by atoms with Crippen molar-refractivity contribution >= 4 is 0 Å². The molecule has 0 amide bonds. The van der Waals surface area contributed by atoms with Crippen LogP contribution in [0.1, 0.15) is 83.5 Å². The van der Waals surface area contributed by atoms with Gasteiger partial charge < -0.3 is 10.1 Å². The van der Waals surface area contributed by atoms with Gasteiger partial charge in [-0.2, -0.15) is 0 Å². The molecular weight excluding hydrogens is 246 g/mol. The van der Waals surface area contributed by atoms with Gasteiger partial charge in [-0.15, -0.1) is 0 Å². The first kappa shape index (κ1) is 14.8. The molecule has 2 heteroatoms. The number of nitrogens with one attached hydrogen (secondary N) is 1. The van der Waals surface area contributed by atoms with E-state index in [9.17, 15) is 0 Å². The second-order valence-corrected chi connectivity index (χ2v) is 7.52. The molecule has 1 N–H and O–H groups in total. The highest BCUT2D eigenvalue weighted by Crippen LogP contribution is 2.41. The minimum Gasteiger partial charge on any atom is -0.370 e. The first-order chi connectivity index (χ1) is 9.86. The molecule has 20 heavy (non-hydrogen) atoms. The van der Waals surface area contributed by atoms with Crippen LogP contribution < -0.4 is 5.32 Å². The summed E-state index contributed by atoms with van der Waals surface area (Å²) in [5, 5.41) is 3.65. The van der Waals surface area contributed by atoms with Gasteiger partial charge in [-0.25, -0.2) is 0 Å². The highest BCUT2D eigenvalue weighted by atomic mass is 16.5. The minimum absolute atomic E-state index is 0.300. The molecule has 116 valence electrons. The van der Waals surface area contributed by atoms with Crippen LogP contribution >= 0.6 is 0 Å². The Balaban J connectivity index is 1.26. The van der Waals surface area contributed by atoms with E-state index in [4.69, 9.17) is 4.74 Å². The van der Waals surface area contributed by atoms with Crippen LogP contribution in [0.3, 0.4) is 0 Å². The summed E-state index contributed by atoms with van der Waals surface area (Å²) in [6, 6.07) is 0. The molecule has 1 unspecified atom stereocenters. The van der Waals surface area contributed by atoms with Gasteiger partial charge in [0.2, 0.25) is 0 Å². The third-order valence-electron chi connectivity index (χ3n) is 5.92. The summed E-state index contributed by atoms with van der Waals surface area (Å²) in [6.45, 7) is 2.29. The highest BCUT2D eigenvalue weighted by Gasteiger charge is 2.40. The van der Waals surface area contributed by atoms with E-state index in [0.717, 1.165) is 12.5 Å². The van der Waals surface area contributed by atoms with Crippen molar-refractivity contribution in [2.45, 2.75) is 95.2 Å². The molecule has 1 saturated heterocycles. The molecule has 3 rings (SSSR count). The van der Waals surface area contributed by atoms with Gasteiger partial charge in [0, 0.05) is 6.54 Å². The number of ether oxygens (including phenoxy) is 1. The van der Waals surface area contributed by atoms with Gasteiger partial charge in [0.15, 0.2) is 0 Å². The molecule has 1 aliphatic heterocycles. The molecule has 3 aliphatic rings. The molecule has 0 bridgehead atoms. The Morgan fingerprint density at radius 2 is 1.70 bits per heavy atom. The molecule has 3 fully saturated rings. The average Bonchev–Trinajstić information content (AvgIpc) is 3.10. The minimum atomic E-state index is 0.300. The average molecular weight is 279 g/mol. The van der Waals surface area contributed by atoms with E-state index in [0.29, 0.717) is 11.7 Å². The van der Waals surface area contributed by atoms with Gasteiger partial charge >= 0.3 is 0 Å². The molecule has 0 aromatic carbocycles. The topological polar surface area (TPSA) is 21.3 Å². The Labute approximate surface area is 125 Å². The summed E-state index contributed by atoms with van der Waals surface area (Å²) in [5.41, 5.74) is 0.300. The van der Waals surface area contributed by atoms with Gasteiger partial charge in [-0.05, 0) is 51.0 Å². The third kappa shape index (κ3) is 3.98. The molecule has 2 nitrogen and oxygen atoms in total. The lowest BCUT2D eigenvalue weighted by Gasteiger charge is -2.33. The fraction of sp³-hybridized carbons (Fsp3) is 1.00. The predicted octanol–water partition coefficient (Wildman–Crippen LogP) is 4.43. The fourth-order valence-electron chi connectivity index (χ4n) is 4.68. The molecule has 1 atom stereocenters. The van der Waals surface area contributed by atoms with Gasteiger partial charge in [-0.1, -0.05) is 44.9 Å². The Bertz CT molecular complexity index is 279. The lowest BCUT2D eigenvalue weighted by molar-refractivity contribution is -0.0623. The van der Waals surface area contributed by atoms with Crippen LogP contribution in [0.2, 0.25) is 0 Å². The van der Waals surface area contributed by atoms with Crippen LogP contribution in [0.25, 0.3) is 0 Å². The van der Waals surface area contributed by atoms with Crippen LogP contribution in [0.4, 0.5) is 0 Å². The lowest BCUT2D eigenvalue weighted by atomic mass is 9.83. The maximum Gasteiger partial charge on any atom is 0.0708 e. The van der Waals surface area contributed by atoms with Gasteiger partial charge in [0.05, 0.1) is 11.7 Å². The van der Waals surface area contributed by atoms with Crippen LogP contribution in [0.5, 0.6) is 0 Å². The van der Waals surface area contributed by atoms with Gasteiger partial charge in [0.1, 0.15) is 0 Å². The first-order valence-corrected chi connectivity index (χ1v) is 9.25. The Morgan fingerprint density at radius 1 is 0.900 bits per heavy atom. The van der Waals surface area contributed by atoms with Crippen molar-refractivity contribution in [1.29, 1.82) is 0 Å². The van der Waals surface area contributed by atoms with Crippen molar-refractivity contribution in [1.82, 2.24) is 5.32 Å². The quantitative estimate of drug-likeness (QED) is 0.726. The molecule has 2 saturated carbocycles.